The summed E-state index contributed by atoms with van der Waals surface area (Å²) in [5, 5.41) is 3.49. The average molecular weight is 372 g/mol. The predicted molar refractivity (Wildman–Crippen MR) is 103 cm³/mol. The molecule has 26 heavy (non-hydrogen) atoms. The summed E-state index contributed by atoms with van der Waals surface area (Å²) >= 11 is 5.97. The molecule has 2 aromatic rings. The van der Waals surface area contributed by atoms with Crippen molar-refractivity contribution in [1.29, 1.82) is 0 Å². The summed E-state index contributed by atoms with van der Waals surface area (Å²) < 4.78 is 5.13. The fourth-order valence-corrected chi connectivity index (χ4v) is 3.87. The smallest absolute Gasteiger partial charge is 0.236 e. The average Bonchev–Trinajstić information content (AvgIpc) is 2.78. The molecule has 1 aliphatic heterocycles. The Morgan fingerprint density at radius 2 is 1.65 bits per heavy atom. The van der Waals surface area contributed by atoms with Crippen molar-refractivity contribution in [2.24, 2.45) is 0 Å². The van der Waals surface area contributed by atoms with Crippen LogP contribution in [-0.4, -0.2) is 30.9 Å². The molecule has 0 aromatic heterocycles. The Bertz CT molecular complexity index is 852. The van der Waals surface area contributed by atoms with Crippen LogP contribution < -0.4 is 5.32 Å². The van der Waals surface area contributed by atoms with E-state index >= 15 is 0 Å². The normalized spacial score (nSPS) is 22.6. The van der Waals surface area contributed by atoms with Crippen LogP contribution in [-0.2, 0) is 14.3 Å². The molecule has 5 heteroatoms. The molecule has 0 spiro atoms. The molecule has 2 aromatic carbocycles. The van der Waals surface area contributed by atoms with Gasteiger partial charge in [0, 0.05) is 12.1 Å². The van der Waals surface area contributed by atoms with Crippen LogP contribution in [0.15, 0.2) is 36.4 Å². The number of carbonyl (C=O) groups excluding carboxylic acids is 2. The van der Waals surface area contributed by atoms with Gasteiger partial charge in [-0.15, -0.1) is 0 Å². The van der Waals surface area contributed by atoms with Gasteiger partial charge in [0.15, 0.2) is 5.78 Å². The van der Waals surface area contributed by atoms with Crippen molar-refractivity contribution in [3.8, 4) is 11.1 Å². The summed E-state index contributed by atoms with van der Waals surface area (Å²) in [6.45, 7) is 5.75. The van der Waals surface area contributed by atoms with E-state index in [1.165, 1.54) is 7.11 Å². The molecule has 1 aliphatic rings. The number of ketones is 1. The molecule has 2 unspecified atom stereocenters. The number of hydrogen-bond donors (Lipinski definition) is 1. The molecule has 2 atom stereocenters. The second-order valence-electron chi connectivity index (χ2n) is 7.08. The van der Waals surface area contributed by atoms with E-state index < -0.39 is 11.5 Å². The number of amides is 1. The van der Waals surface area contributed by atoms with Gasteiger partial charge >= 0.3 is 0 Å². The van der Waals surface area contributed by atoms with Crippen LogP contribution in [0.2, 0.25) is 5.02 Å². The lowest BCUT2D eigenvalue weighted by atomic mass is 9.83. The number of methoxy groups -OCH3 is 1. The van der Waals surface area contributed by atoms with E-state index in [4.69, 9.17) is 16.3 Å². The van der Waals surface area contributed by atoms with Gasteiger partial charge in [-0.2, -0.15) is 0 Å². The van der Waals surface area contributed by atoms with Crippen LogP contribution in [0.3, 0.4) is 0 Å². The number of hydrogen-bond acceptors (Lipinski definition) is 3. The fraction of sp³-hybridized carbons (Fsp3) is 0.333. The summed E-state index contributed by atoms with van der Waals surface area (Å²) in [6, 6.07) is 11.6. The van der Waals surface area contributed by atoms with Gasteiger partial charge in [0.2, 0.25) is 5.91 Å². The molecule has 4 nitrogen and oxygen atoms in total. The van der Waals surface area contributed by atoms with E-state index in [-0.39, 0.29) is 18.3 Å². The van der Waals surface area contributed by atoms with Crippen molar-refractivity contribution in [3.63, 3.8) is 0 Å². The van der Waals surface area contributed by atoms with Crippen LogP contribution in [0.5, 0.6) is 0 Å². The van der Waals surface area contributed by atoms with Gasteiger partial charge in [-0.25, -0.2) is 0 Å². The molecule has 1 N–H and O–H groups in total. The van der Waals surface area contributed by atoms with E-state index in [9.17, 15) is 9.59 Å². The third-order valence-corrected chi connectivity index (χ3v) is 5.21. The Balaban J connectivity index is 2.03. The third kappa shape index (κ3) is 3.15. The van der Waals surface area contributed by atoms with Gasteiger partial charge in [-0.3, -0.25) is 9.59 Å². The van der Waals surface area contributed by atoms with E-state index in [1.54, 1.807) is 6.92 Å². The fourth-order valence-electron chi connectivity index (χ4n) is 3.74. The maximum Gasteiger partial charge on any atom is 0.236 e. The van der Waals surface area contributed by atoms with Crippen LogP contribution in [0.4, 0.5) is 0 Å². The predicted octanol–water partition coefficient (Wildman–Crippen LogP) is 3.81. The highest BCUT2D eigenvalue weighted by Crippen LogP contribution is 2.36. The maximum atomic E-state index is 12.9. The lowest BCUT2D eigenvalue weighted by molar-refractivity contribution is -0.125. The molecule has 1 heterocycles. The molecule has 136 valence electrons. The monoisotopic (exact) mass is 371 g/mol. The van der Waals surface area contributed by atoms with Crippen molar-refractivity contribution in [1.82, 2.24) is 5.32 Å². The summed E-state index contributed by atoms with van der Waals surface area (Å²) in [5.41, 5.74) is 3.72. The Morgan fingerprint density at radius 1 is 1.08 bits per heavy atom. The highest BCUT2D eigenvalue weighted by Gasteiger charge is 2.50. The highest BCUT2D eigenvalue weighted by atomic mass is 35.5. The molecule has 1 saturated heterocycles. The van der Waals surface area contributed by atoms with Crippen LogP contribution in [0.1, 0.15) is 29.5 Å². The molecule has 1 amide bonds. The molecule has 0 radical (unpaired) electrons. The second-order valence-corrected chi connectivity index (χ2v) is 7.52. The Kier molecular flexibility index (Phi) is 4.91. The molecule has 3 rings (SSSR count). The molecular formula is C21H22ClNO3. The number of nitrogens with one attached hydrogen (secondary N) is 1. The van der Waals surface area contributed by atoms with Crippen LogP contribution in [0.25, 0.3) is 11.1 Å². The number of carbonyl (C=O) groups is 2. The Hall–Kier alpha value is -2.17. The molecule has 0 aliphatic carbocycles. The van der Waals surface area contributed by atoms with E-state index in [0.29, 0.717) is 5.02 Å². The second kappa shape index (κ2) is 6.86. The van der Waals surface area contributed by atoms with Crippen LogP contribution in [0, 0.1) is 13.8 Å². The quantitative estimate of drug-likeness (QED) is 0.831. The molecular weight excluding hydrogens is 350 g/mol. The first-order valence-electron chi connectivity index (χ1n) is 8.49. The lowest BCUT2D eigenvalue weighted by Crippen LogP contribution is -2.47. The van der Waals surface area contributed by atoms with E-state index in [0.717, 1.165) is 27.8 Å². The first-order valence-corrected chi connectivity index (χ1v) is 8.87. The minimum Gasteiger partial charge on any atom is -0.382 e. The summed E-state index contributed by atoms with van der Waals surface area (Å²) in [5.74, 6) is -1.20. The first-order chi connectivity index (χ1) is 12.3. The lowest BCUT2D eigenvalue weighted by Gasteiger charge is -2.21. The number of benzene rings is 2. The van der Waals surface area contributed by atoms with Crippen molar-refractivity contribution in [2.75, 3.05) is 13.7 Å². The summed E-state index contributed by atoms with van der Waals surface area (Å²) in [7, 11) is 1.52. The Labute approximate surface area is 158 Å². The highest BCUT2D eigenvalue weighted by molar-refractivity contribution is 6.30. The van der Waals surface area contributed by atoms with Crippen LogP contribution >= 0.6 is 11.6 Å². The first kappa shape index (κ1) is 18.6. The molecule has 0 saturated carbocycles. The number of rotatable bonds is 4. The van der Waals surface area contributed by atoms with Gasteiger partial charge in [0.25, 0.3) is 0 Å². The van der Waals surface area contributed by atoms with Gasteiger partial charge in [0.1, 0.15) is 11.5 Å². The number of halogens is 1. The minimum atomic E-state index is -0.982. The van der Waals surface area contributed by atoms with Crippen molar-refractivity contribution >= 4 is 23.3 Å². The number of ether oxygens (including phenoxy) is 1. The maximum absolute atomic E-state index is 12.9. The van der Waals surface area contributed by atoms with Gasteiger partial charge in [-0.1, -0.05) is 35.9 Å². The SMILES string of the molecule is COCC1(C)NC(=O)C(c2c(C)cc(-c3ccc(Cl)cc3)cc2C)C1=O. The van der Waals surface area contributed by atoms with E-state index in [1.807, 2.05) is 50.2 Å². The van der Waals surface area contributed by atoms with Crippen molar-refractivity contribution in [2.45, 2.75) is 32.2 Å². The zero-order chi connectivity index (χ0) is 19.1. The minimum absolute atomic E-state index is 0.144. The standard InChI is InChI=1S/C21H22ClNO3/c1-12-9-15(14-5-7-16(22)8-6-14)10-13(2)17(12)18-19(24)21(3,11-26-4)23-20(18)25/h5-10,18H,11H2,1-4H3,(H,23,25). The molecule has 1 fully saturated rings. The topological polar surface area (TPSA) is 55.4 Å². The zero-order valence-electron chi connectivity index (χ0n) is 15.4. The summed E-state index contributed by atoms with van der Waals surface area (Å²) in [4.78, 5) is 25.5. The zero-order valence-corrected chi connectivity index (χ0v) is 16.1. The number of Topliss-reactive ketones (excluding diaryl/α,β-unsaturated/α-hetero) is 1. The Morgan fingerprint density at radius 3 is 2.19 bits per heavy atom. The van der Waals surface area contributed by atoms with Crippen molar-refractivity contribution < 1.29 is 14.3 Å². The van der Waals surface area contributed by atoms with Gasteiger partial charge in [-0.05, 0) is 60.7 Å². The summed E-state index contributed by atoms with van der Waals surface area (Å²) in [6.07, 6.45) is 0. The van der Waals surface area contributed by atoms with Gasteiger partial charge in [0.05, 0.1) is 6.61 Å². The number of aryl methyl sites for hydroxylation is 2. The molecule has 0 bridgehead atoms. The van der Waals surface area contributed by atoms with Crippen molar-refractivity contribution in [3.05, 3.63) is 58.1 Å². The van der Waals surface area contributed by atoms with E-state index in [2.05, 4.69) is 5.32 Å². The third-order valence-electron chi connectivity index (χ3n) is 4.96. The largest absolute Gasteiger partial charge is 0.382 e. The van der Waals surface area contributed by atoms with Gasteiger partial charge < -0.3 is 10.1 Å².